The smallest absolute Gasteiger partial charge is 0.350 e. The van der Waals surface area contributed by atoms with E-state index in [1.54, 1.807) is 0 Å². The minimum atomic E-state index is -0.301. The van der Waals surface area contributed by atoms with Crippen LogP contribution in [0.15, 0.2) is 0 Å². The largest absolute Gasteiger partial charge is 0.465 e. The first kappa shape index (κ1) is 18.0. The fourth-order valence-electron chi connectivity index (χ4n) is 2.21. The van der Waals surface area contributed by atoms with Gasteiger partial charge in [-0.05, 0) is 13.3 Å². The third-order valence-electron chi connectivity index (χ3n) is 3.47. The summed E-state index contributed by atoms with van der Waals surface area (Å²) in [7, 11) is 1.40. The SMILES string of the molecule is CCCCCCCCCCNc1nc(C)c(C(=O)OC)s1. The van der Waals surface area contributed by atoms with Crippen LogP contribution in [0.25, 0.3) is 0 Å². The van der Waals surface area contributed by atoms with E-state index in [4.69, 9.17) is 4.74 Å². The molecule has 0 aliphatic rings. The maximum Gasteiger partial charge on any atom is 0.350 e. The lowest BCUT2D eigenvalue weighted by Gasteiger charge is -2.03. The van der Waals surface area contributed by atoms with Gasteiger partial charge in [0, 0.05) is 6.54 Å². The summed E-state index contributed by atoms with van der Waals surface area (Å²) in [4.78, 5) is 16.4. The van der Waals surface area contributed by atoms with Crippen molar-refractivity contribution in [3.63, 3.8) is 0 Å². The van der Waals surface area contributed by atoms with Crippen molar-refractivity contribution in [2.24, 2.45) is 0 Å². The maximum absolute atomic E-state index is 11.5. The van der Waals surface area contributed by atoms with Crippen molar-refractivity contribution in [3.05, 3.63) is 10.6 Å². The zero-order chi connectivity index (χ0) is 15.5. The van der Waals surface area contributed by atoms with Gasteiger partial charge in [0.05, 0.1) is 12.8 Å². The molecule has 1 N–H and O–H groups in total. The van der Waals surface area contributed by atoms with E-state index >= 15 is 0 Å². The van der Waals surface area contributed by atoms with Gasteiger partial charge in [0.1, 0.15) is 4.88 Å². The minimum absolute atomic E-state index is 0.301. The normalized spacial score (nSPS) is 10.6. The molecule has 5 heteroatoms. The second kappa shape index (κ2) is 10.6. The summed E-state index contributed by atoms with van der Waals surface area (Å²) in [6.07, 6.45) is 10.5. The van der Waals surface area contributed by atoms with Crippen molar-refractivity contribution >= 4 is 22.4 Å². The third kappa shape index (κ3) is 6.93. The summed E-state index contributed by atoms with van der Waals surface area (Å²) in [5.74, 6) is -0.301. The van der Waals surface area contributed by atoms with Gasteiger partial charge < -0.3 is 10.1 Å². The van der Waals surface area contributed by atoms with E-state index in [1.807, 2.05) is 6.92 Å². The molecule has 1 heterocycles. The number of rotatable bonds is 11. The van der Waals surface area contributed by atoms with Crippen molar-refractivity contribution in [1.29, 1.82) is 0 Å². The summed E-state index contributed by atoms with van der Waals surface area (Å²) in [6, 6.07) is 0. The van der Waals surface area contributed by atoms with Crippen molar-refractivity contribution in [2.45, 2.75) is 65.2 Å². The van der Waals surface area contributed by atoms with Gasteiger partial charge in [0.2, 0.25) is 0 Å². The molecular formula is C16H28N2O2S. The fraction of sp³-hybridized carbons (Fsp3) is 0.750. The molecular weight excluding hydrogens is 284 g/mol. The number of nitrogens with one attached hydrogen (secondary N) is 1. The standard InChI is InChI=1S/C16H28N2O2S/c1-4-5-6-7-8-9-10-11-12-17-16-18-13(2)14(21-16)15(19)20-3/h4-12H2,1-3H3,(H,17,18). The average molecular weight is 312 g/mol. The number of anilines is 1. The molecule has 0 spiro atoms. The number of carbonyl (C=O) groups is 1. The molecule has 0 bridgehead atoms. The number of thiazole rings is 1. The van der Waals surface area contributed by atoms with Crippen LogP contribution in [-0.4, -0.2) is 24.6 Å². The Balaban J connectivity index is 2.12. The number of hydrogen-bond donors (Lipinski definition) is 1. The molecule has 1 aromatic rings. The van der Waals surface area contributed by atoms with Gasteiger partial charge in [-0.1, -0.05) is 63.2 Å². The van der Waals surface area contributed by atoms with E-state index in [0.717, 1.165) is 23.8 Å². The summed E-state index contributed by atoms with van der Waals surface area (Å²) in [5, 5.41) is 4.11. The molecule has 120 valence electrons. The Hall–Kier alpha value is -1.10. The predicted octanol–water partition coefficient (Wildman–Crippen LogP) is 4.79. The lowest BCUT2D eigenvalue weighted by molar-refractivity contribution is 0.0605. The molecule has 0 aliphatic heterocycles. The summed E-state index contributed by atoms with van der Waals surface area (Å²) < 4.78 is 4.73. The second-order valence-corrected chi connectivity index (χ2v) is 6.33. The topological polar surface area (TPSA) is 51.2 Å². The molecule has 4 nitrogen and oxygen atoms in total. The van der Waals surface area contributed by atoms with Crippen LogP contribution in [0.2, 0.25) is 0 Å². The lowest BCUT2D eigenvalue weighted by Crippen LogP contribution is -2.00. The van der Waals surface area contributed by atoms with Crippen LogP contribution in [0.1, 0.15) is 73.7 Å². The fourth-order valence-corrected chi connectivity index (χ4v) is 3.12. The molecule has 0 saturated heterocycles. The Labute approximate surface area is 132 Å². The molecule has 1 rings (SSSR count). The number of hydrogen-bond acceptors (Lipinski definition) is 5. The van der Waals surface area contributed by atoms with Crippen LogP contribution in [0, 0.1) is 6.92 Å². The Morgan fingerprint density at radius 1 is 1.14 bits per heavy atom. The van der Waals surface area contributed by atoms with Crippen LogP contribution in [0.5, 0.6) is 0 Å². The van der Waals surface area contributed by atoms with E-state index in [9.17, 15) is 4.79 Å². The molecule has 0 aromatic carbocycles. The predicted molar refractivity (Wildman–Crippen MR) is 89.3 cm³/mol. The number of aromatic nitrogens is 1. The Morgan fingerprint density at radius 3 is 2.38 bits per heavy atom. The second-order valence-electron chi connectivity index (χ2n) is 5.33. The highest BCUT2D eigenvalue weighted by atomic mass is 32.1. The van der Waals surface area contributed by atoms with Gasteiger partial charge in [0.25, 0.3) is 0 Å². The number of ether oxygens (including phenoxy) is 1. The van der Waals surface area contributed by atoms with Crippen molar-refractivity contribution in [2.75, 3.05) is 19.0 Å². The number of unbranched alkanes of at least 4 members (excludes halogenated alkanes) is 7. The highest BCUT2D eigenvalue weighted by molar-refractivity contribution is 7.17. The molecule has 0 atom stereocenters. The monoisotopic (exact) mass is 312 g/mol. The first-order chi connectivity index (χ1) is 10.2. The number of aryl methyl sites for hydroxylation is 1. The van der Waals surface area contributed by atoms with E-state index in [1.165, 1.54) is 63.4 Å². The number of methoxy groups -OCH3 is 1. The lowest BCUT2D eigenvalue weighted by atomic mass is 10.1. The molecule has 0 radical (unpaired) electrons. The zero-order valence-corrected chi connectivity index (χ0v) is 14.4. The van der Waals surface area contributed by atoms with Crippen LogP contribution < -0.4 is 5.32 Å². The first-order valence-electron chi connectivity index (χ1n) is 7.98. The van der Waals surface area contributed by atoms with Crippen molar-refractivity contribution < 1.29 is 9.53 Å². The molecule has 0 amide bonds. The van der Waals surface area contributed by atoms with Gasteiger partial charge in [-0.15, -0.1) is 0 Å². The van der Waals surface area contributed by atoms with E-state index in [2.05, 4.69) is 17.2 Å². The van der Waals surface area contributed by atoms with Gasteiger partial charge in [-0.25, -0.2) is 9.78 Å². The molecule has 0 fully saturated rings. The first-order valence-corrected chi connectivity index (χ1v) is 8.80. The van der Waals surface area contributed by atoms with Gasteiger partial charge in [-0.2, -0.15) is 0 Å². The quantitative estimate of drug-likeness (QED) is 0.471. The molecule has 1 aromatic heterocycles. The highest BCUT2D eigenvalue weighted by Gasteiger charge is 2.15. The van der Waals surface area contributed by atoms with Crippen molar-refractivity contribution in [3.8, 4) is 0 Å². The summed E-state index contributed by atoms with van der Waals surface area (Å²) in [6.45, 7) is 5.00. The number of nitrogens with zero attached hydrogens (tertiary/aromatic N) is 1. The number of carbonyl (C=O) groups excluding carboxylic acids is 1. The molecule has 0 saturated carbocycles. The Kier molecular flexibility index (Phi) is 9.06. The molecule has 21 heavy (non-hydrogen) atoms. The van der Waals surface area contributed by atoms with Gasteiger partial charge >= 0.3 is 5.97 Å². The van der Waals surface area contributed by atoms with E-state index < -0.39 is 0 Å². The van der Waals surface area contributed by atoms with E-state index in [0.29, 0.717) is 4.88 Å². The molecule has 0 aliphatic carbocycles. The Morgan fingerprint density at radius 2 is 1.76 bits per heavy atom. The van der Waals surface area contributed by atoms with Crippen LogP contribution >= 0.6 is 11.3 Å². The average Bonchev–Trinajstić information content (AvgIpc) is 2.85. The van der Waals surface area contributed by atoms with Crippen LogP contribution in [0.4, 0.5) is 5.13 Å². The Bertz CT molecular complexity index is 418. The highest BCUT2D eigenvalue weighted by Crippen LogP contribution is 2.23. The summed E-state index contributed by atoms with van der Waals surface area (Å²) >= 11 is 1.37. The molecule has 0 unspecified atom stereocenters. The minimum Gasteiger partial charge on any atom is -0.465 e. The van der Waals surface area contributed by atoms with E-state index in [-0.39, 0.29) is 5.97 Å². The van der Waals surface area contributed by atoms with Gasteiger partial charge in [0.15, 0.2) is 5.13 Å². The zero-order valence-electron chi connectivity index (χ0n) is 13.5. The van der Waals surface area contributed by atoms with Crippen LogP contribution in [-0.2, 0) is 4.74 Å². The maximum atomic E-state index is 11.5. The van der Waals surface area contributed by atoms with Crippen molar-refractivity contribution in [1.82, 2.24) is 4.98 Å². The summed E-state index contributed by atoms with van der Waals surface area (Å²) in [5.41, 5.74) is 0.741. The number of esters is 1. The van der Waals surface area contributed by atoms with Gasteiger partial charge in [-0.3, -0.25) is 0 Å². The third-order valence-corrected chi connectivity index (χ3v) is 4.57. The van der Waals surface area contributed by atoms with Crippen LogP contribution in [0.3, 0.4) is 0 Å².